The number of aromatic nitrogens is 1. The molecule has 2 rings (SSSR count). The van der Waals surface area contributed by atoms with E-state index >= 15 is 0 Å². The van der Waals surface area contributed by atoms with Gasteiger partial charge in [0.25, 0.3) is 0 Å². The SMILES string of the molecule is Cc1ccccc1NC(=O)Nc1cnc(Br)c(Cl)c1. The van der Waals surface area contributed by atoms with Crippen molar-refractivity contribution >= 4 is 44.9 Å². The molecule has 98 valence electrons. The van der Waals surface area contributed by atoms with Crippen molar-refractivity contribution < 1.29 is 4.79 Å². The second-order valence-electron chi connectivity index (χ2n) is 3.89. The number of nitrogens with zero attached hydrogens (tertiary/aromatic N) is 1. The van der Waals surface area contributed by atoms with Gasteiger partial charge in [-0.05, 0) is 40.5 Å². The summed E-state index contributed by atoms with van der Waals surface area (Å²) in [6.45, 7) is 1.92. The number of pyridine rings is 1. The number of amides is 2. The third-order valence-corrected chi connectivity index (χ3v) is 3.60. The summed E-state index contributed by atoms with van der Waals surface area (Å²) >= 11 is 9.09. The van der Waals surface area contributed by atoms with Crippen LogP contribution in [-0.4, -0.2) is 11.0 Å². The number of anilines is 2. The summed E-state index contributed by atoms with van der Waals surface area (Å²) in [5.41, 5.74) is 2.28. The van der Waals surface area contributed by atoms with Gasteiger partial charge in [0.05, 0.1) is 16.9 Å². The molecule has 6 heteroatoms. The lowest BCUT2D eigenvalue weighted by atomic mass is 10.2. The number of nitrogens with one attached hydrogen (secondary N) is 2. The van der Waals surface area contributed by atoms with Gasteiger partial charge >= 0.3 is 6.03 Å². The first-order chi connectivity index (χ1) is 9.06. The molecule has 0 saturated heterocycles. The van der Waals surface area contributed by atoms with Gasteiger partial charge in [-0.2, -0.15) is 0 Å². The zero-order valence-electron chi connectivity index (χ0n) is 10.1. The Morgan fingerprint density at radius 1 is 1.32 bits per heavy atom. The molecule has 19 heavy (non-hydrogen) atoms. The fraction of sp³-hybridized carbons (Fsp3) is 0.0769. The highest BCUT2D eigenvalue weighted by molar-refractivity contribution is 9.10. The molecule has 0 radical (unpaired) electrons. The fourth-order valence-corrected chi connectivity index (χ4v) is 1.87. The van der Waals surface area contributed by atoms with Gasteiger partial charge in [-0.1, -0.05) is 29.8 Å². The average molecular weight is 341 g/mol. The van der Waals surface area contributed by atoms with Gasteiger partial charge in [0.15, 0.2) is 0 Å². The molecule has 2 aromatic rings. The Labute approximate surface area is 124 Å². The van der Waals surface area contributed by atoms with Crippen molar-refractivity contribution in [2.45, 2.75) is 6.92 Å². The number of carbonyl (C=O) groups is 1. The second kappa shape index (κ2) is 6.04. The Kier molecular flexibility index (Phi) is 4.39. The highest BCUT2D eigenvalue weighted by Gasteiger charge is 2.06. The summed E-state index contributed by atoms with van der Waals surface area (Å²) in [4.78, 5) is 15.8. The van der Waals surface area contributed by atoms with Gasteiger partial charge in [-0.3, -0.25) is 0 Å². The fourth-order valence-electron chi connectivity index (χ4n) is 1.49. The summed E-state index contributed by atoms with van der Waals surface area (Å²) in [5, 5.41) is 5.87. The third-order valence-electron chi connectivity index (χ3n) is 2.45. The average Bonchev–Trinajstić information content (AvgIpc) is 2.37. The predicted molar refractivity (Wildman–Crippen MR) is 80.8 cm³/mol. The van der Waals surface area contributed by atoms with Crippen LogP contribution in [0.2, 0.25) is 5.02 Å². The lowest BCUT2D eigenvalue weighted by molar-refractivity contribution is 0.262. The van der Waals surface area contributed by atoms with Crippen LogP contribution in [0.15, 0.2) is 41.1 Å². The number of aryl methyl sites for hydroxylation is 1. The van der Waals surface area contributed by atoms with Gasteiger partial charge in [0.1, 0.15) is 4.60 Å². The van der Waals surface area contributed by atoms with Crippen molar-refractivity contribution in [2.24, 2.45) is 0 Å². The number of carbonyl (C=O) groups excluding carboxylic acids is 1. The van der Waals surface area contributed by atoms with E-state index in [2.05, 4.69) is 31.5 Å². The number of rotatable bonds is 2. The molecule has 0 fully saturated rings. The van der Waals surface area contributed by atoms with E-state index in [0.717, 1.165) is 11.3 Å². The zero-order valence-corrected chi connectivity index (χ0v) is 12.4. The van der Waals surface area contributed by atoms with E-state index in [1.54, 1.807) is 6.07 Å². The monoisotopic (exact) mass is 339 g/mol. The lowest BCUT2D eigenvalue weighted by Crippen LogP contribution is -2.20. The van der Waals surface area contributed by atoms with E-state index in [1.807, 2.05) is 31.2 Å². The molecule has 4 nitrogen and oxygen atoms in total. The smallest absolute Gasteiger partial charge is 0.307 e. The molecule has 0 aliphatic carbocycles. The molecule has 0 unspecified atom stereocenters. The van der Waals surface area contributed by atoms with Crippen LogP contribution >= 0.6 is 27.5 Å². The maximum atomic E-state index is 11.8. The molecular formula is C13H11BrClN3O. The van der Waals surface area contributed by atoms with Gasteiger partial charge < -0.3 is 10.6 Å². The molecule has 0 bridgehead atoms. The third kappa shape index (κ3) is 3.68. The highest BCUT2D eigenvalue weighted by Crippen LogP contribution is 2.23. The van der Waals surface area contributed by atoms with Crippen molar-refractivity contribution in [3.05, 3.63) is 51.7 Å². The summed E-state index contributed by atoms with van der Waals surface area (Å²) in [5.74, 6) is 0. The van der Waals surface area contributed by atoms with Crippen molar-refractivity contribution in [3.63, 3.8) is 0 Å². The Balaban J connectivity index is 2.05. The molecule has 0 aliphatic rings. The highest BCUT2D eigenvalue weighted by atomic mass is 79.9. The van der Waals surface area contributed by atoms with Gasteiger partial charge in [-0.25, -0.2) is 9.78 Å². The lowest BCUT2D eigenvalue weighted by Gasteiger charge is -2.09. The van der Waals surface area contributed by atoms with E-state index < -0.39 is 0 Å². The van der Waals surface area contributed by atoms with E-state index in [9.17, 15) is 4.79 Å². The zero-order chi connectivity index (χ0) is 13.8. The summed E-state index contributed by atoms with van der Waals surface area (Å²) in [6, 6.07) is 8.82. The minimum atomic E-state index is -0.338. The molecule has 0 atom stereocenters. The largest absolute Gasteiger partial charge is 0.323 e. The van der Waals surface area contributed by atoms with Crippen LogP contribution in [0.25, 0.3) is 0 Å². The maximum absolute atomic E-state index is 11.8. The molecule has 0 saturated carbocycles. The maximum Gasteiger partial charge on any atom is 0.323 e. The first-order valence-corrected chi connectivity index (χ1v) is 6.68. The molecule has 1 aromatic heterocycles. The molecule has 1 heterocycles. The van der Waals surface area contributed by atoms with Crippen LogP contribution in [0.3, 0.4) is 0 Å². The minimum Gasteiger partial charge on any atom is -0.307 e. The van der Waals surface area contributed by atoms with Gasteiger partial charge in [-0.15, -0.1) is 0 Å². The van der Waals surface area contributed by atoms with E-state index in [-0.39, 0.29) is 6.03 Å². The molecule has 0 aliphatic heterocycles. The van der Waals surface area contributed by atoms with Crippen LogP contribution in [0, 0.1) is 6.92 Å². The number of hydrogen-bond acceptors (Lipinski definition) is 2. The second-order valence-corrected chi connectivity index (χ2v) is 5.05. The number of benzene rings is 1. The van der Waals surface area contributed by atoms with Crippen LogP contribution in [0.1, 0.15) is 5.56 Å². The predicted octanol–water partition coefficient (Wildman–Crippen LogP) is 4.45. The van der Waals surface area contributed by atoms with Crippen LogP contribution in [-0.2, 0) is 0 Å². The van der Waals surface area contributed by atoms with Crippen molar-refractivity contribution in [3.8, 4) is 0 Å². The first kappa shape index (κ1) is 13.8. The topological polar surface area (TPSA) is 54.0 Å². The summed E-state index contributed by atoms with van der Waals surface area (Å²) in [7, 11) is 0. The van der Waals surface area contributed by atoms with Gasteiger partial charge in [0, 0.05) is 5.69 Å². The standard InChI is InChI=1S/C13H11BrClN3O/c1-8-4-2-3-5-11(8)18-13(19)17-9-6-10(15)12(14)16-7-9/h2-7H,1H3,(H2,17,18,19). The van der Waals surface area contributed by atoms with Crippen molar-refractivity contribution in [1.82, 2.24) is 4.98 Å². The molecule has 2 N–H and O–H groups in total. The molecule has 1 aromatic carbocycles. The molecule has 0 spiro atoms. The van der Waals surface area contributed by atoms with Crippen LogP contribution < -0.4 is 10.6 Å². The summed E-state index contributed by atoms with van der Waals surface area (Å²) in [6.07, 6.45) is 1.52. The number of urea groups is 1. The van der Waals surface area contributed by atoms with Gasteiger partial charge in [0.2, 0.25) is 0 Å². The van der Waals surface area contributed by atoms with E-state index in [4.69, 9.17) is 11.6 Å². The number of para-hydroxylation sites is 1. The number of halogens is 2. The van der Waals surface area contributed by atoms with E-state index in [0.29, 0.717) is 15.3 Å². The normalized spacial score (nSPS) is 10.1. The van der Waals surface area contributed by atoms with E-state index in [1.165, 1.54) is 6.20 Å². The minimum absolute atomic E-state index is 0.338. The Bertz CT molecular complexity index is 619. The Morgan fingerprint density at radius 2 is 2.05 bits per heavy atom. The van der Waals surface area contributed by atoms with Crippen LogP contribution in [0.4, 0.5) is 16.2 Å². The summed E-state index contributed by atoms with van der Waals surface area (Å²) < 4.78 is 0.541. The Hall–Kier alpha value is -1.59. The Morgan fingerprint density at radius 3 is 2.74 bits per heavy atom. The molecular weight excluding hydrogens is 330 g/mol. The quantitative estimate of drug-likeness (QED) is 0.794. The number of hydrogen-bond donors (Lipinski definition) is 2. The van der Waals surface area contributed by atoms with Crippen LogP contribution in [0.5, 0.6) is 0 Å². The first-order valence-electron chi connectivity index (χ1n) is 5.51. The van der Waals surface area contributed by atoms with Crippen molar-refractivity contribution in [2.75, 3.05) is 10.6 Å². The van der Waals surface area contributed by atoms with Crippen molar-refractivity contribution in [1.29, 1.82) is 0 Å². The molecule has 2 amide bonds.